The molecule has 12 aromatic rings. The Hall–Kier alpha value is -5.64. The highest BCUT2D eigenvalue weighted by atomic mass is 32.1. The predicted molar refractivity (Wildman–Crippen MR) is 195 cm³/mol. The van der Waals surface area contributed by atoms with E-state index in [1.807, 2.05) is 11.3 Å². The summed E-state index contributed by atoms with van der Waals surface area (Å²) < 4.78 is 7.73. The Morgan fingerprint density at radius 3 is 1.76 bits per heavy atom. The molecule has 4 aromatic heterocycles. The second kappa shape index (κ2) is 7.71. The zero-order valence-electron chi connectivity index (χ0n) is 24.0. The summed E-state index contributed by atoms with van der Waals surface area (Å²) in [5.74, 6) is 0. The van der Waals surface area contributed by atoms with Gasteiger partial charge in [0, 0.05) is 63.6 Å². The Kier molecular flexibility index (Phi) is 3.91. The van der Waals surface area contributed by atoms with Crippen LogP contribution in [0.2, 0.25) is 0 Å². The predicted octanol–water partition coefficient (Wildman–Crippen LogP) is 12.0. The second-order valence-electron chi connectivity index (χ2n) is 12.5. The standard InChI is InChI=1S/C42H22N2S/c1-3-14-33-25(9-1)30-20-19-27-26-10-6-16-36-39(26)40-31(13-7-17-37(40)45-36)38(27)42(30)43(33)23-18-21-35-32(22-23)29-12-5-11-28-24-8-2-4-15-34(24)44(35)41(28)29/h1-22H. The summed E-state index contributed by atoms with van der Waals surface area (Å²) >= 11 is 1.91. The van der Waals surface area contributed by atoms with Gasteiger partial charge in [0.25, 0.3) is 0 Å². The number of hydrogen-bond acceptors (Lipinski definition) is 1. The first-order valence-electron chi connectivity index (χ1n) is 15.5. The first-order chi connectivity index (χ1) is 22.3. The van der Waals surface area contributed by atoms with Crippen LogP contribution >= 0.6 is 11.3 Å². The van der Waals surface area contributed by atoms with Crippen molar-refractivity contribution >= 4 is 113 Å². The molecule has 0 N–H and O–H groups in total. The molecule has 0 bridgehead atoms. The highest BCUT2D eigenvalue weighted by Gasteiger charge is 2.22. The van der Waals surface area contributed by atoms with Crippen molar-refractivity contribution in [2.24, 2.45) is 0 Å². The fraction of sp³-hybridized carbons (Fsp3) is 0. The van der Waals surface area contributed by atoms with E-state index in [4.69, 9.17) is 0 Å². The fourth-order valence-electron chi connectivity index (χ4n) is 8.68. The van der Waals surface area contributed by atoms with Crippen molar-refractivity contribution < 1.29 is 0 Å². The van der Waals surface area contributed by atoms with Gasteiger partial charge in [0.15, 0.2) is 0 Å². The van der Waals surface area contributed by atoms with Crippen LogP contribution in [0.25, 0.3) is 107 Å². The topological polar surface area (TPSA) is 9.34 Å². The van der Waals surface area contributed by atoms with Gasteiger partial charge in [-0.25, -0.2) is 0 Å². The molecule has 0 fully saturated rings. The zero-order chi connectivity index (χ0) is 29.0. The first kappa shape index (κ1) is 22.8. The molecule has 2 nitrogen and oxygen atoms in total. The van der Waals surface area contributed by atoms with E-state index in [1.165, 1.54) is 107 Å². The highest BCUT2D eigenvalue weighted by Crippen LogP contribution is 2.48. The van der Waals surface area contributed by atoms with Crippen LogP contribution in [0.4, 0.5) is 0 Å². The smallest absolute Gasteiger partial charge is 0.0625 e. The Balaban J connectivity index is 1.30. The van der Waals surface area contributed by atoms with Gasteiger partial charge in [0.05, 0.1) is 27.6 Å². The van der Waals surface area contributed by atoms with Crippen molar-refractivity contribution in [3.8, 4) is 5.69 Å². The molecule has 12 rings (SSSR count). The van der Waals surface area contributed by atoms with Crippen LogP contribution in [0, 0.1) is 0 Å². The third-order valence-corrected chi connectivity index (χ3v) is 11.5. The maximum atomic E-state index is 2.53. The molecule has 0 atom stereocenters. The first-order valence-corrected chi connectivity index (χ1v) is 16.4. The zero-order valence-corrected chi connectivity index (χ0v) is 24.8. The van der Waals surface area contributed by atoms with Gasteiger partial charge >= 0.3 is 0 Å². The molecule has 0 spiro atoms. The molecule has 0 saturated carbocycles. The third kappa shape index (κ3) is 2.57. The molecule has 0 radical (unpaired) electrons. The fourth-order valence-corrected chi connectivity index (χ4v) is 9.84. The number of thiophene rings is 1. The maximum Gasteiger partial charge on any atom is 0.0625 e. The number of aromatic nitrogens is 2. The highest BCUT2D eigenvalue weighted by molar-refractivity contribution is 7.26. The molecular formula is C42H22N2S. The third-order valence-electron chi connectivity index (χ3n) is 10.4. The van der Waals surface area contributed by atoms with E-state index >= 15 is 0 Å². The molecule has 0 aliphatic heterocycles. The SMILES string of the molecule is c1cc2sc3cccc4c3c2c(c1)c1ccc2c3ccccc3n(-c3ccc5c(c3)c3cccc6c7ccccc7n5c63)c2c14. The van der Waals surface area contributed by atoms with Gasteiger partial charge in [0.1, 0.15) is 0 Å². The molecule has 3 heteroatoms. The summed E-state index contributed by atoms with van der Waals surface area (Å²) in [6.07, 6.45) is 0. The number of rotatable bonds is 1. The second-order valence-corrected chi connectivity index (χ2v) is 13.5. The van der Waals surface area contributed by atoms with Gasteiger partial charge in [-0.15, -0.1) is 11.3 Å². The van der Waals surface area contributed by atoms with Gasteiger partial charge < -0.3 is 8.97 Å². The lowest BCUT2D eigenvalue weighted by atomic mass is 9.93. The van der Waals surface area contributed by atoms with Crippen molar-refractivity contribution in [3.05, 3.63) is 133 Å². The molecule has 4 heterocycles. The van der Waals surface area contributed by atoms with Crippen LogP contribution < -0.4 is 0 Å². The molecular weight excluding hydrogens is 565 g/mol. The molecule has 0 amide bonds. The average molecular weight is 587 g/mol. The van der Waals surface area contributed by atoms with Crippen molar-refractivity contribution in [2.75, 3.05) is 0 Å². The quantitative estimate of drug-likeness (QED) is 0.169. The van der Waals surface area contributed by atoms with Crippen LogP contribution in [0.1, 0.15) is 0 Å². The number of benzene rings is 8. The lowest BCUT2D eigenvalue weighted by Crippen LogP contribution is -1.95. The van der Waals surface area contributed by atoms with E-state index in [1.54, 1.807) is 0 Å². The van der Waals surface area contributed by atoms with Gasteiger partial charge in [0.2, 0.25) is 0 Å². The summed E-state index contributed by atoms with van der Waals surface area (Å²) in [4.78, 5) is 0. The van der Waals surface area contributed by atoms with Crippen molar-refractivity contribution in [3.63, 3.8) is 0 Å². The molecule has 8 aromatic carbocycles. The minimum absolute atomic E-state index is 1.20. The van der Waals surface area contributed by atoms with E-state index in [0.29, 0.717) is 0 Å². The molecule has 0 unspecified atom stereocenters. The van der Waals surface area contributed by atoms with Crippen molar-refractivity contribution in [1.82, 2.24) is 8.97 Å². The van der Waals surface area contributed by atoms with E-state index in [0.717, 1.165) is 0 Å². The maximum absolute atomic E-state index is 2.53. The Morgan fingerprint density at radius 2 is 0.911 bits per heavy atom. The number of nitrogens with zero attached hydrogens (tertiary/aromatic N) is 2. The largest absolute Gasteiger partial charge is 0.309 e. The molecule has 0 aliphatic carbocycles. The molecule has 0 saturated heterocycles. The summed E-state index contributed by atoms with van der Waals surface area (Å²) in [5, 5.41) is 16.0. The lowest BCUT2D eigenvalue weighted by Gasteiger charge is -2.14. The summed E-state index contributed by atoms with van der Waals surface area (Å²) in [6.45, 7) is 0. The number of fused-ring (bicyclic) bond motifs is 13. The summed E-state index contributed by atoms with van der Waals surface area (Å²) in [5.41, 5.74) is 7.57. The van der Waals surface area contributed by atoms with Gasteiger partial charge in [-0.3, -0.25) is 0 Å². The number of para-hydroxylation sites is 3. The lowest BCUT2D eigenvalue weighted by molar-refractivity contribution is 1.19. The Labute approximate surface area is 260 Å². The summed E-state index contributed by atoms with van der Waals surface area (Å²) in [7, 11) is 0. The summed E-state index contributed by atoms with van der Waals surface area (Å²) in [6, 6.07) is 50.0. The van der Waals surface area contributed by atoms with E-state index in [-0.39, 0.29) is 0 Å². The van der Waals surface area contributed by atoms with E-state index in [2.05, 4.69) is 142 Å². The van der Waals surface area contributed by atoms with Crippen molar-refractivity contribution in [2.45, 2.75) is 0 Å². The Bertz CT molecular complexity index is 3210. The van der Waals surface area contributed by atoms with Gasteiger partial charge in [-0.2, -0.15) is 0 Å². The van der Waals surface area contributed by atoms with Crippen LogP contribution in [-0.4, -0.2) is 8.97 Å². The minimum Gasteiger partial charge on any atom is -0.309 e. The van der Waals surface area contributed by atoms with Crippen LogP contribution in [-0.2, 0) is 0 Å². The van der Waals surface area contributed by atoms with E-state index < -0.39 is 0 Å². The Morgan fingerprint density at radius 1 is 0.356 bits per heavy atom. The van der Waals surface area contributed by atoms with Gasteiger partial charge in [-0.1, -0.05) is 91.0 Å². The van der Waals surface area contributed by atoms with Crippen LogP contribution in [0.3, 0.4) is 0 Å². The number of hydrogen-bond donors (Lipinski definition) is 0. The van der Waals surface area contributed by atoms with E-state index in [9.17, 15) is 0 Å². The van der Waals surface area contributed by atoms with Gasteiger partial charge in [-0.05, 0) is 58.6 Å². The van der Waals surface area contributed by atoms with Crippen LogP contribution in [0.5, 0.6) is 0 Å². The molecule has 0 aliphatic rings. The molecule has 206 valence electrons. The minimum atomic E-state index is 1.20. The monoisotopic (exact) mass is 586 g/mol. The molecule has 45 heavy (non-hydrogen) atoms. The van der Waals surface area contributed by atoms with Crippen LogP contribution in [0.15, 0.2) is 133 Å². The normalized spacial score (nSPS) is 12.9. The average Bonchev–Trinajstić information content (AvgIpc) is 3.83. The van der Waals surface area contributed by atoms with Crippen molar-refractivity contribution in [1.29, 1.82) is 0 Å².